The highest BCUT2D eigenvalue weighted by Gasteiger charge is 2.44. The molecular weight excluding hydrogens is 188 g/mol. The summed E-state index contributed by atoms with van der Waals surface area (Å²) in [5.74, 6) is 1.88. The first kappa shape index (κ1) is 10.2. The molecule has 0 aromatic carbocycles. The summed E-state index contributed by atoms with van der Waals surface area (Å²) in [4.78, 5) is 7.98. The van der Waals surface area contributed by atoms with Crippen LogP contribution in [0, 0.1) is 11.3 Å². The van der Waals surface area contributed by atoms with Gasteiger partial charge < -0.3 is 11.1 Å². The van der Waals surface area contributed by atoms with Crippen LogP contribution in [0.5, 0.6) is 0 Å². The highest BCUT2D eigenvalue weighted by atomic mass is 15.1. The van der Waals surface area contributed by atoms with Gasteiger partial charge in [-0.25, -0.2) is 4.98 Å². The van der Waals surface area contributed by atoms with Gasteiger partial charge in [-0.3, -0.25) is 0 Å². The van der Waals surface area contributed by atoms with E-state index in [2.05, 4.69) is 29.1 Å². The van der Waals surface area contributed by atoms with Crippen molar-refractivity contribution < 1.29 is 0 Å². The SMILES string of the molecule is CC(C)C1(CNc2ccnc(N)n2)CC1. The number of nitrogens with two attached hydrogens (primary N) is 1. The quantitative estimate of drug-likeness (QED) is 0.789. The molecule has 1 aromatic rings. The van der Waals surface area contributed by atoms with Crippen molar-refractivity contribution in [2.24, 2.45) is 11.3 Å². The maximum Gasteiger partial charge on any atom is 0.221 e. The lowest BCUT2D eigenvalue weighted by Gasteiger charge is -2.20. The molecule has 1 fully saturated rings. The average molecular weight is 206 g/mol. The molecule has 1 heterocycles. The van der Waals surface area contributed by atoms with Crippen LogP contribution < -0.4 is 11.1 Å². The molecule has 1 aliphatic carbocycles. The Morgan fingerprint density at radius 3 is 2.80 bits per heavy atom. The maximum absolute atomic E-state index is 5.51. The van der Waals surface area contributed by atoms with Crippen molar-refractivity contribution >= 4 is 11.8 Å². The summed E-state index contributed by atoms with van der Waals surface area (Å²) >= 11 is 0. The molecule has 4 heteroatoms. The van der Waals surface area contributed by atoms with Crippen molar-refractivity contribution in [3.8, 4) is 0 Å². The molecule has 82 valence electrons. The zero-order chi connectivity index (χ0) is 10.9. The predicted molar refractivity (Wildman–Crippen MR) is 61.4 cm³/mol. The molecule has 0 atom stereocenters. The summed E-state index contributed by atoms with van der Waals surface area (Å²) in [5.41, 5.74) is 6.00. The van der Waals surface area contributed by atoms with Crippen LogP contribution in [-0.4, -0.2) is 16.5 Å². The minimum absolute atomic E-state index is 0.328. The number of hydrogen-bond acceptors (Lipinski definition) is 4. The topological polar surface area (TPSA) is 63.8 Å². The fourth-order valence-electron chi connectivity index (χ4n) is 1.86. The highest BCUT2D eigenvalue weighted by Crippen LogP contribution is 2.51. The third kappa shape index (κ3) is 2.19. The van der Waals surface area contributed by atoms with E-state index in [9.17, 15) is 0 Å². The molecule has 0 spiro atoms. The molecule has 0 saturated heterocycles. The minimum atomic E-state index is 0.328. The Labute approximate surface area is 90.3 Å². The molecule has 1 aromatic heterocycles. The van der Waals surface area contributed by atoms with E-state index in [1.807, 2.05) is 6.07 Å². The predicted octanol–water partition coefficient (Wildman–Crippen LogP) is 1.91. The summed E-state index contributed by atoms with van der Waals surface area (Å²) in [7, 11) is 0. The fourth-order valence-corrected chi connectivity index (χ4v) is 1.86. The van der Waals surface area contributed by atoms with E-state index < -0.39 is 0 Å². The van der Waals surface area contributed by atoms with Gasteiger partial charge in [0, 0.05) is 12.7 Å². The van der Waals surface area contributed by atoms with E-state index in [0.29, 0.717) is 11.4 Å². The third-order valence-corrected chi connectivity index (χ3v) is 3.41. The van der Waals surface area contributed by atoms with Crippen LogP contribution in [0.4, 0.5) is 11.8 Å². The van der Waals surface area contributed by atoms with E-state index in [1.165, 1.54) is 12.8 Å². The molecule has 0 radical (unpaired) electrons. The second kappa shape index (κ2) is 3.68. The Hall–Kier alpha value is -1.32. The van der Waals surface area contributed by atoms with Crippen molar-refractivity contribution in [1.29, 1.82) is 0 Å². The van der Waals surface area contributed by atoms with E-state index >= 15 is 0 Å². The first-order chi connectivity index (χ1) is 7.12. The van der Waals surface area contributed by atoms with Gasteiger partial charge in [-0.05, 0) is 30.2 Å². The van der Waals surface area contributed by atoms with E-state index in [4.69, 9.17) is 5.73 Å². The first-order valence-electron chi connectivity index (χ1n) is 5.45. The van der Waals surface area contributed by atoms with Crippen molar-refractivity contribution in [3.63, 3.8) is 0 Å². The van der Waals surface area contributed by atoms with Gasteiger partial charge in [0.1, 0.15) is 5.82 Å². The van der Waals surface area contributed by atoms with Gasteiger partial charge in [0.25, 0.3) is 0 Å². The molecule has 0 aliphatic heterocycles. The summed E-state index contributed by atoms with van der Waals surface area (Å²) in [6, 6.07) is 1.85. The number of nitrogen functional groups attached to an aromatic ring is 1. The average Bonchev–Trinajstić information content (AvgIpc) is 2.96. The molecular formula is C11H18N4. The molecule has 0 amide bonds. The molecule has 2 rings (SSSR count). The summed E-state index contributed by atoms with van der Waals surface area (Å²) in [6.45, 7) is 5.55. The number of aromatic nitrogens is 2. The van der Waals surface area contributed by atoms with Crippen LogP contribution in [0.2, 0.25) is 0 Å². The van der Waals surface area contributed by atoms with Gasteiger partial charge in [-0.15, -0.1) is 0 Å². The maximum atomic E-state index is 5.51. The second-order valence-corrected chi connectivity index (χ2v) is 4.67. The zero-order valence-electron chi connectivity index (χ0n) is 9.33. The normalized spacial score (nSPS) is 17.8. The van der Waals surface area contributed by atoms with Gasteiger partial charge in [0.15, 0.2) is 0 Å². The molecule has 3 N–H and O–H groups in total. The number of nitrogens with one attached hydrogen (secondary N) is 1. The molecule has 15 heavy (non-hydrogen) atoms. The Morgan fingerprint density at radius 2 is 2.27 bits per heavy atom. The Balaban J connectivity index is 1.94. The number of nitrogens with zero attached hydrogens (tertiary/aromatic N) is 2. The van der Waals surface area contributed by atoms with Crippen molar-refractivity contribution in [2.75, 3.05) is 17.6 Å². The van der Waals surface area contributed by atoms with Crippen molar-refractivity contribution in [2.45, 2.75) is 26.7 Å². The van der Waals surface area contributed by atoms with E-state index in [1.54, 1.807) is 6.20 Å². The number of rotatable bonds is 4. The summed E-state index contributed by atoms with van der Waals surface area (Å²) in [6.07, 6.45) is 4.32. The van der Waals surface area contributed by atoms with Crippen LogP contribution >= 0.6 is 0 Å². The molecule has 0 unspecified atom stereocenters. The standard InChI is InChI=1S/C11H18N4/c1-8(2)11(4-5-11)7-14-9-3-6-13-10(12)15-9/h3,6,8H,4-5,7H2,1-2H3,(H3,12,13,14,15). The monoisotopic (exact) mass is 206 g/mol. The van der Waals surface area contributed by atoms with Crippen molar-refractivity contribution in [3.05, 3.63) is 12.3 Å². The second-order valence-electron chi connectivity index (χ2n) is 4.67. The van der Waals surface area contributed by atoms with Gasteiger partial charge in [-0.2, -0.15) is 4.98 Å². The molecule has 1 saturated carbocycles. The lowest BCUT2D eigenvalue weighted by atomic mass is 9.92. The molecule has 0 bridgehead atoms. The Kier molecular flexibility index (Phi) is 2.50. The summed E-state index contributed by atoms with van der Waals surface area (Å²) in [5, 5.41) is 3.34. The minimum Gasteiger partial charge on any atom is -0.369 e. The van der Waals surface area contributed by atoms with Gasteiger partial charge in [0.05, 0.1) is 0 Å². The van der Waals surface area contributed by atoms with Crippen LogP contribution in [-0.2, 0) is 0 Å². The molecule has 4 nitrogen and oxygen atoms in total. The van der Waals surface area contributed by atoms with Gasteiger partial charge >= 0.3 is 0 Å². The van der Waals surface area contributed by atoms with Gasteiger partial charge in [-0.1, -0.05) is 13.8 Å². The zero-order valence-corrected chi connectivity index (χ0v) is 9.33. The highest BCUT2D eigenvalue weighted by molar-refractivity contribution is 5.37. The van der Waals surface area contributed by atoms with Crippen LogP contribution in [0.1, 0.15) is 26.7 Å². The van der Waals surface area contributed by atoms with Crippen molar-refractivity contribution in [1.82, 2.24) is 9.97 Å². The Bertz CT molecular complexity index is 344. The smallest absolute Gasteiger partial charge is 0.221 e. The summed E-state index contributed by atoms with van der Waals surface area (Å²) < 4.78 is 0. The van der Waals surface area contributed by atoms with Crippen LogP contribution in [0.25, 0.3) is 0 Å². The molecule has 1 aliphatic rings. The third-order valence-electron chi connectivity index (χ3n) is 3.41. The van der Waals surface area contributed by atoms with Gasteiger partial charge in [0.2, 0.25) is 5.95 Å². The van der Waals surface area contributed by atoms with E-state index in [-0.39, 0.29) is 0 Å². The fraction of sp³-hybridized carbons (Fsp3) is 0.636. The lowest BCUT2D eigenvalue weighted by molar-refractivity contribution is 0.380. The Morgan fingerprint density at radius 1 is 1.53 bits per heavy atom. The number of anilines is 2. The van der Waals surface area contributed by atoms with Crippen LogP contribution in [0.15, 0.2) is 12.3 Å². The number of hydrogen-bond donors (Lipinski definition) is 2. The van der Waals surface area contributed by atoms with E-state index in [0.717, 1.165) is 18.3 Å². The largest absolute Gasteiger partial charge is 0.369 e. The van der Waals surface area contributed by atoms with Crippen LogP contribution in [0.3, 0.4) is 0 Å². The first-order valence-corrected chi connectivity index (χ1v) is 5.45. The lowest BCUT2D eigenvalue weighted by Crippen LogP contribution is -2.21.